The Morgan fingerprint density at radius 3 is 2.33 bits per heavy atom. The lowest BCUT2D eigenvalue weighted by molar-refractivity contribution is 0.416. The van der Waals surface area contributed by atoms with Crippen LogP contribution in [0.15, 0.2) is 29.6 Å². The molecule has 0 spiro atoms. The van der Waals surface area contributed by atoms with E-state index in [0.717, 1.165) is 10.6 Å². The minimum absolute atomic E-state index is 0.0116. The fourth-order valence-electron chi connectivity index (χ4n) is 2.11. The minimum Gasteiger partial charge on any atom is -0.496 e. The SMILES string of the molecule is COc1csc(C(NN)c2cc(C)cc(C)c2)c1. The van der Waals surface area contributed by atoms with E-state index in [9.17, 15) is 0 Å². The van der Waals surface area contributed by atoms with Crippen molar-refractivity contribution in [2.75, 3.05) is 7.11 Å². The van der Waals surface area contributed by atoms with Gasteiger partial charge >= 0.3 is 0 Å². The molecule has 0 saturated heterocycles. The molecule has 18 heavy (non-hydrogen) atoms. The van der Waals surface area contributed by atoms with Crippen molar-refractivity contribution in [2.45, 2.75) is 19.9 Å². The zero-order valence-corrected chi connectivity index (χ0v) is 11.7. The van der Waals surface area contributed by atoms with Gasteiger partial charge in [0, 0.05) is 10.3 Å². The smallest absolute Gasteiger partial charge is 0.129 e. The average molecular weight is 262 g/mol. The van der Waals surface area contributed by atoms with Crippen LogP contribution in [0.25, 0.3) is 0 Å². The molecule has 0 amide bonds. The second kappa shape index (κ2) is 5.52. The predicted molar refractivity (Wildman–Crippen MR) is 76.0 cm³/mol. The molecule has 0 aliphatic rings. The summed E-state index contributed by atoms with van der Waals surface area (Å²) in [7, 11) is 1.67. The van der Waals surface area contributed by atoms with E-state index in [1.807, 2.05) is 11.4 Å². The monoisotopic (exact) mass is 262 g/mol. The highest BCUT2D eigenvalue weighted by atomic mass is 32.1. The lowest BCUT2D eigenvalue weighted by Gasteiger charge is -2.16. The Balaban J connectivity index is 2.38. The van der Waals surface area contributed by atoms with Crippen molar-refractivity contribution < 1.29 is 4.74 Å². The maximum absolute atomic E-state index is 5.70. The number of ether oxygens (including phenoxy) is 1. The molecular formula is C14H18N2OS. The van der Waals surface area contributed by atoms with E-state index < -0.39 is 0 Å². The molecule has 2 aromatic rings. The third kappa shape index (κ3) is 2.72. The van der Waals surface area contributed by atoms with Crippen LogP contribution < -0.4 is 16.0 Å². The van der Waals surface area contributed by atoms with Crippen LogP contribution >= 0.6 is 11.3 Å². The van der Waals surface area contributed by atoms with Crippen LogP contribution in [-0.4, -0.2) is 7.11 Å². The zero-order valence-electron chi connectivity index (χ0n) is 10.9. The fourth-order valence-corrected chi connectivity index (χ4v) is 3.05. The first-order valence-electron chi connectivity index (χ1n) is 5.80. The molecule has 1 aromatic carbocycles. The summed E-state index contributed by atoms with van der Waals surface area (Å²) in [6.07, 6.45) is 0. The van der Waals surface area contributed by atoms with Crippen molar-refractivity contribution in [3.8, 4) is 5.75 Å². The number of hydrazine groups is 1. The fraction of sp³-hybridized carbons (Fsp3) is 0.286. The van der Waals surface area contributed by atoms with Gasteiger partial charge in [-0.2, -0.15) is 0 Å². The van der Waals surface area contributed by atoms with Crippen LogP contribution in [0.1, 0.15) is 27.6 Å². The molecule has 0 radical (unpaired) electrons. The first-order valence-corrected chi connectivity index (χ1v) is 6.68. The zero-order chi connectivity index (χ0) is 13.1. The van der Waals surface area contributed by atoms with Gasteiger partial charge < -0.3 is 4.74 Å². The lowest BCUT2D eigenvalue weighted by atomic mass is 10.0. The number of thiophene rings is 1. The van der Waals surface area contributed by atoms with Gasteiger partial charge in [0.25, 0.3) is 0 Å². The van der Waals surface area contributed by atoms with Crippen molar-refractivity contribution in [2.24, 2.45) is 5.84 Å². The first kappa shape index (κ1) is 13.1. The van der Waals surface area contributed by atoms with Gasteiger partial charge in [0.1, 0.15) is 5.75 Å². The van der Waals surface area contributed by atoms with Crippen LogP contribution in [0.2, 0.25) is 0 Å². The molecule has 0 aliphatic carbocycles. The largest absolute Gasteiger partial charge is 0.496 e. The number of hydrogen-bond acceptors (Lipinski definition) is 4. The number of nitrogens with one attached hydrogen (secondary N) is 1. The van der Waals surface area contributed by atoms with Crippen LogP contribution in [0.4, 0.5) is 0 Å². The lowest BCUT2D eigenvalue weighted by Crippen LogP contribution is -2.28. The molecule has 1 unspecified atom stereocenters. The second-order valence-corrected chi connectivity index (χ2v) is 5.35. The van der Waals surface area contributed by atoms with Gasteiger partial charge in [-0.3, -0.25) is 5.84 Å². The van der Waals surface area contributed by atoms with Crippen LogP contribution in [0, 0.1) is 13.8 Å². The number of nitrogens with two attached hydrogens (primary N) is 1. The summed E-state index contributed by atoms with van der Waals surface area (Å²) >= 11 is 1.65. The molecule has 3 nitrogen and oxygen atoms in total. The van der Waals surface area contributed by atoms with Crippen LogP contribution in [0.3, 0.4) is 0 Å². The van der Waals surface area contributed by atoms with Gasteiger partial charge in [0.2, 0.25) is 0 Å². The maximum atomic E-state index is 5.70. The Kier molecular flexibility index (Phi) is 4.01. The van der Waals surface area contributed by atoms with Gasteiger partial charge in [0.05, 0.1) is 13.2 Å². The summed E-state index contributed by atoms with van der Waals surface area (Å²) in [6, 6.07) is 8.50. The average Bonchev–Trinajstić information content (AvgIpc) is 2.77. The van der Waals surface area contributed by atoms with Gasteiger partial charge in [-0.1, -0.05) is 29.3 Å². The highest BCUT2D eigenvalue weighted by Crippen LogP contribution is 2.31. The van der Waals surface area contributed by atoms with E-state index in [1.54, 1.807) is 18.4 Å². The molecule has 4 heteroatoms. The summed E-state index contributed by atoms with van der Waals surface area (Å²) in [5.74, 6) is 6.58. The summed E-state index contributed by atoms with van der Waals surface area (Å²) in [5, 5.41) is 1.99. The van der Waals surface area contributed by atoms with Crippen molar-refractivity contribution in [3.63, 3.8) is 0 Å². The number of aryl methyl sites for hydroxylation is 2. The molecule has 0 aliphatic heterocycles. The molecule has 96 valence electrons. The standard InChI is InChI=1S/C14H18N2OS/c1-9-4-10(2)6-11(5-9)14(16-15)13-7-12(17-3)8-18-13/h4-8,14,16H,15H2,1-3H3. The number of benzene rings is 1. The van der Waals surface area contributed by atoms with E-state index in [2.05, 4.69) is 37.5 Å². The Bertz CT molecular complexity index is 516. The van der Waals surface area contributed by atoms with Gasteiger partial charge in [-0.05, 0) is 25.5 Å². The second-order valence-electron chi connectivity index (χ2n) is 4.41. The minimum atomic E-state index is 0.0116. The third-order valence-electron chi connectivity index (χ3n) is 2.86. The molecule has 2 rings (SSSR count). The number of rotatable bonds is 4. The van der Waals surface area contributed by atoms with Crippen molar-refractivity contribution in [1.82, 2.24) is 5.43 Å². The van der Waals surface area contributed by atoms with E-state index in [0.29, 0.717) is 0 Å². The van der Waals surface area contributed by atoms with Crippen molar-refractivity contribution >= 4 is 11.3 Å². The Morgan fingerprint density at radius 1 is 1.17 bits per heavy atom. The van der Waals surface area contributed by atoms with Gasteiger partial charge in [-0.25, -0.2) is 5.43 Å². The molecule has 1 heterocycles. The topological polar surface area (TPSA) is 47.3 Å². The van der Waals surface area contributed by atoms with Crippen LogP contribution in [-0.2, 0) is 0 Å². The maximum Gasteiger partial charge on any atom is 0.129 e. The van der Waals surface area contributed by atoms with E-state index in [1.165, 1.54) is 16.7 Å². The number of methoxy groups -OCH3 is 1. The first-order chi connectivity index (χ1) is 8.63. The third-order valence-corrected chi connectivity index (χ3v) is 3.84. The molecular weight excluding hydrogens is 244 g/mol. The highest BCUT2D eigenvalue weighted by molar-refractivity contribution is 7.10. The summed E-state index contributed by atoms with van der Waals surface area (Å²) < 4.78 is 5.21. The Morgan fingerprint density at radius 2 is 1.83 bits per heavy atom. The van der Waals surface area contributed by atoms with E-state index >= 15 is 0 Å². The molecule has 0 fully saturated rings. The summed E-state index contributed by atoms with van der Waals surface area (Å²) in [4.78, 5) is 1.15. The quantitative estimate of drug-likeness (QED) is 0.658. The molecule has 0 saturated carbocycles. The molecule has 0 bridgehead atoms. The van der Waals surface area contributed by atoms with Crippen LogP contribution in [0.5, 0.6) is 5.75 Å². The van der Waals surface area contributed by atoms with Gasteiger partial charge in [0.15, 0.2) is 0 Å². The molecule has 1 atom stereocenters. The predicted octanol–water partition coefficient (Wildman–Crippen LogP) is 2.93. The molecule has 3 N–H and O–H groups in total. The van der Waals surface area contributed by atoms with Crippen molar-refractivity contribution in [1.29, 1.82) is 0 Å². The number of hydrogen-bond donors (Lipinski definition) is 2. The Hall–Kier alpha value is -1.36. The van der Waals surface area contributed by atoms with E-state index in [-0.39, 0.29) is 6.04 Å². The summed E-state index contributed by atoms with van der Waals surface area (Å²) in [5.41, 5.74) is 6.55. The Labute approximate surface area is 112 Å². The van der Waals surface area contributed by atoms with Crippen molar-refractivity contribution in [3.05, 3.63) is 51.2 Å². The van der Waals surface area contributed by atoms with Gasteiger partial charge in [-0.15, -0.1) is 11.3 Å². The molecule has 1 aromatic heterocycles. The highest BCUT2D eigenvalue weighted by Gasteiger charge is 2.15. The summed E-state index contributed by atoms with van der Waals surface area (Å²) in [6.45, 7) is 4.19. The van der Waals surface area contributed by atoms with E-state index in [4.69, 9.17) is 10.6 Å². The normalized spacial score (nSPS) is 12.4.